The summed E-state index contributed by atoms with van der Waals surface area (Å²) in [6.45, 7) is -2.26. The number of halogens is 2. The van der Waals surface area contributed by atoms with E-state index in [2.05, 4.69) is 29.8 Å². The van der Waals surface area contributed by atoms with Gasteiger partial charge in [-0.1, -0.05) is 6.07 Å². The summed E-state index contributed by atoms with van der Waals surface area (Å²) in [6, 6.07) is 9.50. The first-order chi connectivity index (χ1) is 14.1. The first kappa shape index (κ1) is 19.0. The summed E-state index contributed by atoms with van der Waals surface area (Å²) in [6.07, 6.45) is 5.53. The van der Waals surface area contributed by atoms with Gasteiger partial charge in [-0.3, -0.25) is 9.78 Å². The van der Waals surface area contributed by atoms with Crippen LogP contribution in [0.1, 0.15) is 29.0 Å². The van der Waals surface area contributed by atoms with E-state index in [0.29, 0.717) is 25.8 Å². The van der Waals surface area contributed by atoms with Crippen molar-refractivity contribution in [2.75, 3.05) is 0 Å². The van der Waals surface area contributed by atoms with Crippen LogP contribution in [0.2, 0.25) is 0 Å². The van der Waals surface area contributed by atoms with Crippen molar-refractivity contribution < 1.29 is 18.3 Å². The van der Waals surface area contributed by atoms with Gasteiger partial charge >= 0.3 is 6.61 Å². The van der Waals surface area contributed by atoms with Crippen LogP contribution in [0, 0.1) is 0 Å². The highest BCUT2D eigenvalue weighted by molar-refractivity contribution is 5.94. The molecule has 1 unspecified atom stereocenters. The maximum atomic E-state index is 12.6. The van der Waals surface area contributed by atoms with Gasteiger partial charge < -0.3 is 14.6 Å². The van der Waals surface area contributed by atoms with Gasteiger partial charge in [0, 0.05) is 42.5 Å². The minimum Gasteiger partial charge on any atom is -0.435 e. The minimum atomic E-state index is -2.93. The first-order valence-corrected chi connectivity index (χ1v) is 9.28. The second-order valence-corrected chi connectivity index (χ2v) is 6.73. The van der Waals surface area contributed by atoms with Crippen LogP contribution in [0.3, 0.4) is 0 Å². The number of fused-ring (bicyclic) bond motifs is 1. The highest BCUT2D eigenvalue weighted by Gasteiger charge is 2.22. The Bertz CT molecular complexity index is 994. The maximum Gasteiger partial charge on any atom is 0.387 e. The van der Waals surface area contributed by atoms with Crippen molar-refractivity contribution in [3.63, 3.8) is 0 Å². The number of amides is 1. The molecule has 3 aromatic rings. The lowest BCUT2D eigenvalue weighted by Gasteiger charge is -2.16. The van der Waals surface area contributed by atoms with Crippen LogP contribution >= 0.6 is 0 Å². The van der Waals surface area contributed by atoms with E-state index in [1.807, 2.05) is 12.1 Å². The number of nitrogens with one attached hydrogen (secondary N) is 1. The van der Waals surface area contributed by atoms with Gasteiger partial charge in [0.15, 0.2) is 5.82 Å². The summed E-state index contributed by atoms with van der Waals surface area (Å²) in [7, 11) is 0. The summed E-state index contributed by atoms with van der Waals surface area (Å²) >= 11 is 0. The number of benzene rings is 1. The molecule has 4 rings (SSSR count). The van der Waals surface area contributed by atoms with Crippen LogP contribution in [-0.2, 0) is 13.0 Å². The molecule has 0 saturated heterocycles. The minimum absolute atomic E-state index is 0.0401. The van der Waals surface area contributed by atoms with Gasteiger partial charge in [-0.05, 0) is 43.2 Å². The highest BCUT2D eigenvalue weighted by Crippen LogP contribution is 2.23. The Labute approximate surface area is 165 Å². The van der Waals surface area contributed by atoms with Gasteiger partial charge in [0.2, 0.25) is 0 Å². The number of ether oxygens (including phenoxy) is 1. The van der Waals surface area contributed by atoms with E-state index in [1.54, 1.807) is 18.5 Å². The third-order valence-electron chi connectivity index (χ3n) is 4.84. The molecule has 1 aliphatic rings. The Morgan fingerprint density at radius 1 is 1.17 bits per heavy atom. The molecule has 3 heterocycles. The predicted octanol–water partition coefficient (Wildman–Crippen LogP) is 3.08. The normalized spacial score (nSPS) is 16.2. The number of aryl methyl sites for hydroxylation is 1. The Hall–Kier alpha value is -3.36. The molecule has 0 aliphatic carbocycles. The summed E-state index contributed by atoms with van der Waals surface area (Å²) in [5.41, 5.74) is 1.22. The average Bonchev–Trinajstić information content (AvgIpc) is 3.03. The number of aromatic nitrogens is 4. The van der Waals surface area contributed by atoms with Crippen molar-refractivity contribution in [2.45, 2.75) is 38.5 Å². The molecular weight excluding hydrogens is 380 g/mol. The third-order valence-corrected chi connectivity index (χ3v) is 4.84. The van der Waals surface area contributed by atoms with Crippen molar-refractivity contribution in [3.8, 4) is 17.1 Å². The molecule has 1 N–H and O–H groups in total. The molecule has 1 aromatic carbocycles. The van der Waals surface area contributed by atoms with Crippen molar-refractivity contribution >= 4 is 5.91 Å². The van der Waals surface area contributed by atoms with Crippen LogP contribution in [-0.4, -0.2) is 38.3 Å². The lowest BCUT2D eigenvalue weighted by atomic mass is 10.1. The summed E-state index contributed by atoms with van der Waals surface area (Å²) in [5.74, 6) is 1.30. The molecule has 0 spiro atoms. The van der Waals surface area contributed by atoms with Gasteiger partial charge in [-0.2, -0.15) is 8.78 Å². The molecule has 0 radical (unpaired) electrons. The fraction of sp³-hybridized carbons (Fsp3) is 0.300. The zero-order valence-corrected chi connectivity index (χ0v) is 15.5. The number of carbonyl (C=O) groups excluding carboxylic acids is 1. The summed E-state index contributed by atoms with van der Waals surface area (Å²) < 4.78 is 31.2. The molecule has 0 saturated carbocycles. The molecule has 150 valence electrons. The van der Waals surface area contributed by atoms with Crippen molar-refractivity contribution in [2.24, 2.45) is 0 Å². The van der Waals surface area contributed by atoms with Crippen LogP contribution in [0.25, 0.3) is 11.4 Å². The number of alkyl halides is 2. The molecule has 29 heavy (non-hydrogen) atoms. The van der Waals surface area contributed by atoms with Crippen LogP contribution in [0.15, 0.2) is 48.8 Å². The Balaban J connectivity index is 1.43. The molecule has 2 aromatic heterocycles. The molecule has 0 bridgehead atoms. The number of carbonyl (C=O) groups is 1. The Morgan fingerprint density at radius 2 is 2.00 bits per heavy atom. The van der Waals surface area contributed by atoms with Crippen LogP contribution in [0.5, 0.6) is 5.75 Å². The lowest BCUT2D eigenvalue weighted by Crippen LogP contribution is -2.35. The third kappa shape index (κ3) is 4.39. The Morgan fingerprint density at radius 3 is 2.79 bits per heavy atom. The Kier molecular flexibility index (Phi) is 5.46. The van der Waals surface area contributed by atoms with E-state index in [9.17, 15) is 13.6 Å². The zero-order chi connectivity index (χ0) is 20.2. The number of rotatable bonds is 5. The van der Waals surface area contributed by atoms with E-state index >= 15 is 0 Å². The fourth-order valence-corrected chi connectivity index (χ4v) is 3.43. The van der Waals surface area contributed by atoms with E-state index < -0.39 is 6.61 Å². The first-order valence-electron chi connectivity index (χ1n) is 9.28. The molecule has 9 heteroatoms. The standard InChI is InChI=1S/C20H19F2N5O2/c21-20(22)29-16-3-1-2-14(12-16)19(28)24-15-4-5-17-25-26-18(27(17)11-8-15)13-6-9-23-10-7-13/h1-3,6-7,9-10,12,15,20H,4-5,8,11H2,(H,24,28). The number of hydrogen-bond donors (Lipinski definition) is 1. The van der Waals surface area contributed by atoms with E-state index in [-0.39, 0.29) is 23.3 Å². The van der Waals surface area contributed by atoms with Gasteiger partial charge in [0.05, 0.1) is 0 Å². The smallest absolute Gasteiger partial charge is 0.387 e. The molecule has 1 amide bonds. The highest BCUT2D eigenvalue weighted by atomic mass is 19.3. The van der Waals surface area contributed by atoms with E-state index in [4.69, 9.17) is 0 Å². The largest absolute Gasteiger partial charge is 0.435 e. The van der Waals surface area contributed by atoms with Crippen molar-refractivity contribution in [3.05, 3.63) is 60.2 Å². The summed E-state index contributed by atoms with van der Waals surface area (Å²) in [4.78, 5) is 16.6. The van der Waals surface area contributed by atoms with Crippen molar-refractivity contribution in [1.82, 2.24) is 25.1 Å². The fourth-order valence-electron chi connectivity index (χ4n) is 3.43. The van der Waals surface area contributed by atoms with Crippen LogP contribution < -0.4 is 10.1 Å². The monoisotopic (exact) mass is 399 g/mol. The number of nitrogens with zero attached hydrogens (tertiary/aromatic N) is 4. The van der Waals surface area contributed by atoms with Crippen LogP contribution in [0.4, 0.5) is 8.78 Å². The molecule has 1 aliphatic heterocycles. The number of hydrogen-bond acceptors (Lipinski definition) is 5. The molecule has 1 atom stereocenters. The van der Waals surface area contributed by atoms with E-state index in [0.717, 1.165) is 17.2 Å². The topological polar surface area (TPSA) is 81.9 Å². The van der Waals surface area contributed by atoms with Gasteiger partial charge in [0.25, 0.3) is 5.91 Å². The SMILES string of the molecule is O=C(NC1CCc2nnc(-c3ccncc3)n2CC1)c1cccc(OC(F)F)c1. The maximum absolute atomic E-state index is 12.6. The summed E-state index contributed by atoms with van der Waals surface area (Å²) in [5, 5.41) is 11.6. The number of pyridine rings is 1. The predicted molar refractivity (Wildman–Crippen MR) is 101 cm³/mol. The molecule has 7 nitrogen and oxygen atoms in total. The van der Waals surface area contributed by atoms with Gasteiger partial charge in [0.1, 0.15) is 11.6 Å². The second-order valence-electron chi connectivity index (χ2n) is 6.73. The quantitative estimate of drug-likeness (QED) is 0.713. The molecular formula is C20H19F2N5O2. The molecule has 0 fully saturated rings. The lowest BCUT2D eigenvalue weighted by molar-refractivity contribution is -0.0498. The van der Waals surface area contributed by atoms with Crippen molar-refractivity contribution in [1.29, 1.82) is 0 Å². The van der Waals surface area contributed by atoms with Gasteiger partial charge in [-0.25, -0.2) is 0 Å². The van der Waals surface area contributed by atoms with E-state index in [1.165, 1.54) is 18.2 Å². The van der Waals surface area contributed by atoms with Gasteiger partial charge in [-0.15, -0.1) is 10.2 Å². The second kappa shape index (κ2) is 8.34. The zero-order valence-electron chi connectivity index (χ0n) is 15.5. The average molecular weight is 399 g/mol.